The summed E-state index contributed by atoms with van der Waals surface area (Å²) in [5, 5.41) is 1.20. The van der Waals surface area contributed by atoms with Crippen LogP contribution in [0.4, 0.5) is 0 Å². The summed E-state index contributed by atoms with van der Waals surface area (Å²) < 4.78 is 0.605. The van der Waals surface area contributed by atoms with Gasteiger partial charge in [-0.05, 0) is 25.1 Å². The zero-order valence-corrected chi connectivity index (χ0v) is 13.2. The molecule has 0 unspecified atom stereocenters. The van der Waals surface area contributed by atoms with Crippen molar-refractivity contribution in [3.05, 3.63) is 44.3 Å². The average Bonchev–Trinajstić information content (AvgIpc) is 2.30. The highest BCUT2D eigenvalue weighted by molar-refractivity contribution is 7.71. The Bertz CT molecular complexity index is 657. The molecule has 0 bridgehead atoms. The molecule has 1 aromatic heterocycles. The first-order chi connectivity index (χ1) is 8.88. The van der Waals surface area contributed by atoms with Gasteiger partial charge in [0.05, 0.1) is 5.69 Å². The summed E-state index contributed by atoms with van der Waals surface area (Å²) in [5.41, 5.74) is 2.77. The molecular weight excluding hydrogens is 299 g/mol. The van der Waals surface area contributed by atoms with E-state index in [1.165, 1.54) is 0 Å². The number of nitrogens with zero attached hydrogens (tertiary/aromatic N) is 1. The molecule has 0 aliphatic carbocycles. The first kappa shape index (κ1) is 14.5. The van der Waals surface area contributed by atoms with E-state index in [4.69, 9.17) is 35.4 Å². The van der Waals surface area contributed by atoms with Gasteiger partial charge >= 0.3 is 0 Å². The molecule has 19 heavy (non-hydrogen) atoms. The molecule has 1 heterocycles. The number of nitrogens with one attached hydrogen (secondary N) is 1. The van der Waals surface area contributed by atoms with Crippen LogP contribution in [0.3, 0.4) is 0 Å². The number of H-pyrrole nitrogens is 1. The Morgan fingerprint density at radius 2 is 1.74 bits per heavy atom. The molecule has 5 heteroatoms. The quantitative estimate of drug-likeness (QED) is 0.737. The maximum absolute atomic E-state index is 6.05. The maximum Gasteiger partial charge on any atom is 0.133 e. The fraction of sp³-hybridized carbons (Fsp3) is 0.286. The molecule has 0 aliphatic heterocycles. The van der Waals surface area contributed by atoms with Gasteiger partial charge < -0.3 is 4.98 Å². The lowest BCUT2D eigenvalue weighted by molar-refractivity contribution is 0.770. The normalized spacial score (nSPS) is 11.1. The Balaban J connectivity index is 2.70. The summed E-state index contributed by atoms with van der Waals surface area (Å²) in [4.78, 5) is 7.73. The molecule has 2 aromatic rings. The van der Waals surface area contributed by atoms with Crippen LogP contribution in [0, 0.1) is 11.6 Å². The van der Waals surface area contributed by atoms with E-state index < -0.39 is 0 Å². The van der Waals surface area contributed by atoms with E-state index in [0.717, 1.165) is 22.6 Å². The second-order valence-electron chi connectivity index (χ2n) is 4.74. The van der Waals surface area contributed by atoms with Gasteiger partial charge in [-0.1, -0.05) is 49.3 Å². The minimum absolute atomic E-state index is 0.274. The van der Waals surface area contributed by atoms with E-state index >= 15 is 0 Å². The predicted octanol–water partition coefficient (Wildman–Crippen LogP) is 5.54. The molecule has 2 rings (SSSR count). The highest BCUT2D eigenvalue weighted by atomic mass is 35.5. The fourth-order valence-electron chi connectivity index (χ4n) is 1.81. The number of aromatic nitrogens is 2. The van der Waals surface area contributed by atoms with Crippen molar-refractivity contribution in [2.75, 3.05) is 0 Å². The van der Waals surface area contributed by atoms with Gasteiger partial charge in [-0.15, -0.1) is 0 Å². The molecule has 2 nitrogen and oxygen atoms in total. The van der Waals surface area contributed by atoms with Crippen LogP contribution in [0.25, 0.3) is 11.3 Å². The lowest BCUT2D eigenvalue weighted by Gasteiger charge is -2.12. The van der Waals surface area contributed by atoms with Crippen LogP contribution in [-0.4, -0.2) is 9.97 Å². The molecular formula is C14H14Cl2N2S. The third-order valence-corrected chi connectivity index (χ3v) is 3.70. The smallest absolute Gasteiger partial charge is 0.133 e. The summed E-state index contributed by atoms with van der Waals surface area (Å²) in [6.45, 7) is 6.08. The van der Waals surface area contributed by atoms with Crippen molar-refractivity contribution in [3.8, 4) is 11.3 Å². The van der Waals surface area contributed by atoms with Crippen LogP contribution < -0.4 is 0 Å². The van der Waals surface area contributed by atoms with E-state index in [9.17, 15) is 0 Å². The summed E-state index contributed by atoms with van der Waals surface area (Å²) in [5.74, 6) is 1.14. The molecule has 0 saturated carbocycles. The lowest BCUT2D eigenvalue weighted by atomic mass is 10.1. The third-order valence-electron chi connectivity index (χ3n) is 2.87. The number of aromatic amines is 1. The van der Waals surface area contributed by atoms with Crippen molar-refractivity contribution in [2.24, 2.45) is 0 Å². The van der Waals surface area contributed by atoms with Gasteiger partial charge in [-0.2, -0.15) is 0 Å². The van der Waals surface area contributed by atoms with Crippen molar-refractivity contribution >= 4 is 35.4 Å². The molecule has 0 saturated heterocycles. The topological polar surface area (TPSA) is 28.7 Å². The van der Waals surface area contributed by atoms with Gasteiger partial charge in [0.15, 0.2) is 0 Å². The number of benzene rings is 1. The standard InChI is InChI=1S/C14H14Cl2N2S/c1-7(2)13-17-12(8(3)14(19)18-13)9-4-10(15)6-11(16)5-9/h4-7H,1-3H3,(H,17,18,19). The Kier molecular flexibility index (Phi) is 4.29. The largest absolute Gasteiger partial charge is 0.343 e. The van der Waals surface area contributed by atoms with Crippen LogP contribution in [0.2, 0.25) is 10.0 Å². The van der Waals surface area contributed by atoms with E-state index in [1.807, 2.05) is 19.1 Å². The zero-order chi connectivity index (χ0) is 14.2. The maximum atomic E-state index is 6.05. The van der Waals surface area contributed by atoms with E-state index in [0.29, 0.717) is 14.7 Å². The van der Waals surface area contributed by atoms with Crippen LogP contribution in [-0.2, 0) is 0 Å². The zero-order valence-electron chi connectivity index (χ0n) is 10.9. The minimum atomic E-state index is 0.274. The number of hydrogen-bond donors (Lipinski definition) is 1. The van der Waals surface area contributed by atoms with Gasteiger partial charge in [0.2, 0.25) is 0 Å². The van der Waals surface area contributed by atoms with Crippen LogP contribution in [0.5, 0.6) is 0 Å². The van der Waals surface area contributed by atoms with Gasteiger partial charge in [0.25, 0.3) is 0 Å². The van der Waals surface area contributed by atoms with Gasteiger partial charge in [-0.25, -0.2) is 4.98 Å². The Morgan fingerprint density at radius 1 is 1.16 bits per heavy atom. The molecule has 0 aliphatic rings. The number of rotatable bonds is 2. The van der Waals surface area contributed by atoms with Crippen LogP contribution in [0.1, 0.15) is 31.2 Å². The summed E-state index contributed by atoms with van der Waals surface area (Å²) in [6.07, 6.45) is 0. The summed E-state index contributed by atoms with van der Waals surface area (Å²) in [6, 6.07) is 5.44. The molecule has 1 N–H and O–H groups in total. The van der Waals surface area contributed by atoms with Crippen LogP contribution >= 0.6 is 35.4 Å². The second-order valence-corrected chi connectivity index (χ2v) is 6.00. The molecule has 100 valence electrons. The monoisotopic (exact) mass is 312 g/mol. The predicted molar refractivity (Wildman–Crippen MR) is 83.7 cm³/mol. The molecule has 0 fully saturated rings. The Labute approximate surface area is 127 Å². The Morgan fingerprint density at radius 3 is 2.26 bits per heavy atom. The first-order valence-corrected chi connectivity index (χ1v) is 7.12. The molecule has 0 atom stereocenters. The van der Waals surface area contributed by atoms with Gasteiger partial charge in [-0.3, -0.25) is 0 Å². The highest BCUT2D eigenvalue weighted by Crippen LogP contribution is 2.29. The number of halogens is 2. The summed E-state index contributed by atoms with van der Waals surface area (Å²) in [7, 11) is 0. The van der Waals surface area contributed by atoms with Gasteiger partial charge in [0, 0.05) is 27.1 Å². The highest BCUT2D eigenvalue weighted by Gasteiger charge is 2.10. The SMILES string of the molecule is Cc1c(-c2cc(Cl)cc(Cl)c2)[nH]c(C(C)C)nc1=S. The molecule has 0 spiro atoms. The van der Waals surface area contributed by atoms with Crippen molar-refractivity contribution in [1.29, 1.82) is 0 Å². The second kappa shape index (κ2) is 5.61. The summed E-state index contributed by atoms with van der Waals surface area (Å²) >= 11 is 17.4. The van der Waals surface area contributed by atoms with Crippen molar-refractivity contribution in [2.45, 2.75) is 26.7 Å². The Hall–Kier alpha value is -0.900. The van der Waals surface area contributed by atoms with Crippen LogP contribution in [0.15, 0.2) is 18.2 Å². The first-order valence-electron chi connectivity index (χ1n) is 5.95. The molecule has 0 radical (unpaired) electrons. The molecule has 0 amide bonds. The van der Waals surface area contributed by atoms with Crippen molar-refractivity contribution in [1.82, 2.24) is 9.97 Å². The third kappa shape index (κ3) is 3.16. The average molecular weight is 313 g/mol. The minimum Gasteiger partial charge on any atom is -0.343 e. The van der Waals surface area contributed by atoms with E-state index in [2.05, 4.69) is 23.8 Å². The lowest BCUT2D eigenvalue weighted by Crippen LogP contribution is -2.02. The van der Waals surface area contributed by atoms with Gasteiger partial charge in [0.1, 0.15) is 10.5 Å². The fourth-order valence-corrected chi connectivity index (χ4v) is 2.54. The van der Waals surface area contributed by atoms with E-state index in [-0.39, 0.29) is 5.92 Å². The van der Waals surface area contributed by atoms with E-state index in [1.54, 1.807) is 6.07 Å². The number of hydrogen-bond acceptors (Lipinski definition) is 2. The van der Waals surface area contributed by atoms with Crippen molar-refractivity contribution in [3.63, 3.8) is 0 Å². The van der Waals surface area contributed by atoms with Crippen molar-refractivity contribution < 1.29 is 0 Å². The molecule has 1 aromatic carbocycles.